The number of amides is 1. The predicted octanol–water partition coefficient (Wildman–Crippen LogP) is 4.05. The number of nitrogens with zero attached hydrogens (tertiary/aromatic N) is 4. The highest BCUT2D eigenvalue weighted by atomic mass is 35.5. The molecule has 1 aromatic heterocycles. The van der Waals surface area contributed by atoms with Gasteiger partial charge in [-0.1, -0.05) is 17.7 Å². The quantitative estimate of drug-likeness (QED) is 0.430. The van der Waals surface area contributed by atoms with E-state index in [2.05, 4.69) is 23.1 Å². The van der Waals surface area contributed by atoms with Crippen LogP contribution >= 0.6 is 11.6 Å². The lowest BCUT2D eigenvalue weighted by atomic mass is 10.0. The lowest BCUT2D eigenvalue weighted by molar-refractivity contribution is 0.0868. The number of carbonyl (C=O) groups excluding carboxylic acids is 1. The van der Waals surface area contributed by atoms with Crippen molar-refractivity contribution in [2.45, 2.75) is 57.0 Å². The van der Waals surface area contributed by atoms with Gasteiger partial charge in [0.25, 0.3) is 15.9 Å². The smallest absolute Gasteiger partial charge is 0.303 e. The molecule has 2 aromatic carbocycles. The summed E-state index contributed by atoms with van der Waals surface area (Å²) in [5.41, 5.74) is 3.37. The van der Waals surface area contributed by atoms with Crippen LogP contribution < -0.4 is 5.69 Å². The molecule has 2 aliphatic rings. The lowest BCUT2D eigenvalue weighted by Gasteiger charge is -2.32. The van der Waals surface area contributed by atoms with Crippen LogP contribution in [0, 0.1) is 6.92 Å². The minimum Gasteiger partial charge on any atom is -0.303 e. The van der Waals surface area contributed by atoms with Gasteiger partial charge in [-0.3, -0.25) is 13.9 Å². The molecule has 0 radical (unpaired) electrons. The molecule has 1 fully saturated rings. The summed E-state index contributed by atoms with van der Waals surface area (Å²) in [6.45, 7) is 7.46. The third-order valence-corrected chi connectivity index (χ3v) is 9.48. The van der Waals surface area contributed by atoms with Gasteiger partial charge < -0.3 is 4.90 Å². The van der Waals surface area contributed by atoms with Gasteiger partial charge in [0, 0.05) is 37.2 Å². The predicted molar refractivity (Wildman–Crippen MR) is 140 cm³/mol. The fourth-order valence-corrected chi connectivity index (χ4v) is 7.28. The third-order valence-electron chi connectivity index (χ3n) is 7.41. The number of hydrogen-bond donors (Lipinski definition) is 0. The van der Waals surface area contributed by atoms with Gasteiger partial charge in [0.15, 0.2) is 0 Å². The van der Waals surface area contributed by atoms with Gasteiger partial charge in [0.05, 0.1) is 16.6 Å². The first kappa shape index (κ1) is 25.0. The molecule has 36 heavy (non-hydrogen) atoms. The monoisotopic (exact) mass is 530 g/mol. The molecular formula is C26H31ClN4O4S. The molecule has 0 bridgehead atoms. The molecule has 192 valence electrons. The van der Waals surface area contributed by atoms with Crippen LogP contribution in [0.25, 0.3) is 11.0 Å². The summed E-state index contributed by atoms with van der Waals surface area (Å²) in [6.07, 6.45) is 3.17. The van der Waals surface area contributed by atoms with E-state index in [1.54, 1.807) is 0 Å². The van der Waals surface area contributed by atoms with Gasteiger partial charge in [-0.15, -0.1) is 0 Å². The van der Waals surface area contributed by atoms with Crippen LogP contribution in [0.3, 0.4) is 0 Å². The topological polar surface area (TPSA) is 84.6 Å². The molecule has 0 unspecified atom stereocenters. The maximum absolute atomic E-state index is 13.2. The van der Waals surface area contributed by atoms with Crippen LogP contribution in [0.15, 0.2) is 46.1 Å². The summed E-state index contributed by atoms with van der Waals surface area (Å²) in [6, 6.07) is 10.7. The van der Waals surface area contributed by atoms with E-state index in [0.29, 0.717) is 18.0 Å². The number of benzene rings is 2. The minimum absolute atomic E-state index is 0.0359. The third kappa shape index (κ3) is 4.27. The maximum Gasteiger partial charge on any atom is 0.329 e. The fraction of sp³-hybridized carbons (Fsp3) is 0.462. The van der Waals surface area contributed by atoms with Gasteiger partial charge in [-0.2, -0.15) is 0 Å². The molecule has 5 rings (SSSR count). The van der Waals surface area contributed by atoms with Gasteiger partial charge in [-0.25, -0.2) is 17.5 Å². The normalized spacial score (nSPS) is 18.3. The first-order chi connectivity index (χ1) is 17.2. The highest BCUT2D eigenvalue weighted by Gasteiger charge is 2.40. The first-order valence-electron chi connectivity index (χ1n) is 12.5. The van der Waals surface area contributed by atoms with E-state index < -0.39 is 15.9 Å². The SMILES string of the molecule is CCn1c(=O)n(C2CCN(CCCCN3C(=O)c4cc(Cl)ccc4S3(=O)=O)CC2)c2ccc(C)cc21. The standard InChI is InChI=1S/C26H31ClN4O4S/c1-3-29-23-16-18(2)6-8-22(23)31(26(29)33)20-10-14-28(15-11-20)12-4-5-13-30-25(32)21-17-19(27)7-9-24(21)36(30,34)35/h6-9,16-17,20H,3-5,10-15H2,1-2H3. The summed E-state index contributed by atoms with van der Waals surface area (Å²) in [5, 5.41) is 0.346. The zero-order valence-corrected chi connectivity index (χ0v) is 22.2. The number of imidazole rings is 1. The zero-order chi connectivity index (χ0) is 25.6. The number of sulfonamides is 1. The highest BCUT2D eigenvalue weighted by molar-refractivity contribution is 7.90. The second-order valence-electron chi connectivity index (χ2n) is 9.69. The van der Waals surface area contributed by atoms with Crippen LogP contribution in [0.5, 0.6) is 0 Å². The Kier molecular flexibility index (Phi) is 6.74. The summed E-state index contributed by atoms with van der Waals surface area (Å²) in [4.78, 5) is 28.2. The molecule has 1 saturated heterocycles. The largest absolute Gasteiger partial charge is 0.329 e. The molecule has 0 spiro atoms. The Morgan fingerprint density at radius 1 is 0.972 bits per heavy atom. The minimum atomic E-state index is -3.80. The summed E-state index contributed by atoms with van der Waals surface area (Å²) < 4.78 is 30.3. The molecule has 10 heteroatoms. The van der Waals surface area contributed by atoms with Crippen LogP contribution in [-0.4, -0.2) is 58.8 Å². The number of unbranched alkanes of at least 4 members (excludes halogenated alkanes) is 1. The second kappa shape index (κ2) is 9.68. The van der Waals surface area contributed by atoms with Crippen molar-refractivity contribution in [1.82, 2.24) is 18.3 Å². The molecule has 1 amide bonds. The van der Waals surface area contributed by atoms with Gasteiger partial charge in [0.2, 0.25) is 0 Å². The molecule has 0 aliphatic carbocycles. The molecule has 0 N–H and O–H groups in total. The van der Waals surface area contributed by atoms with Gasteiger partial charge >= 0.3 is 5.69 Å². The van der Waals surface area contributed by atoms with Crippen LogP contribution in [0.2, 0.25) is 5.02 Å². The number of fused-ring (bicyclic) bond motifs is 2. The van der Waals surface area contributed by atoms with Crippen LogP contribution in [-0.2, 0) is 16.6 Å². The fourth-order valence-electron chi connectivity index (χ4n) is 5.52. The Hall–Kier alpha value is -2.62. The van der Waals surface area contributed by atoms with E-state index in [-0.39, 0.29) is 28.7 Å². The lowest BCUT2D eigenvalue weighted by Crippen LogP contribution is -2.38. The number of hydrogen-bond acceptors (Lipinski definition) is 5. The maximum atomic E-state index is 13.2. The van der Waals surface area contributed by atoms with Crippen molar-refractivity contribution in [3.8, 4) is 0 Å². The number of aromatic nitrogens is 2. The molecule has 0 saturated carbocycles. The molecule has 2 aliphatic heterocycles. The van der Waals surface area contributed by atoms with Crippen molar-refractivity contribution in [2.24, 2.45) is 0 Å². The summed E-state index contributed by atoms with van der Waals surface area (Å²) >= 11 is 5.95. The van der Waals surface area contributed by atoms with Crippen molar-refractivity contribution in [3.05, 3.63) is 63.0 Å². The van der Waals surface area contributed by atoms with E-state index in [9.17, 15) is 18.0 Å². The Labute approximate surface area is 216 Å². The van der Waals surface area contributed by atoms with E-state index in [1.165, 1.54) is 18.2 Å². The average Bonchev–Trinajstić information content (AvgIpc) is 3.23. The van der Waals surface area contributed by atoms with Crippen LogP contribution in [0.4, 0.5) is 0 Å². The van der Waals surface area contributed by atoms with Crippen molar-refractivity contribution < 1.29 is 13.2 Å². The average molecular weight is 531 g/mol. The number of likely N-dealkylation sites (tertiary alicyclic amines) is 1. The van der Waals surface area contributed by atoms with Gasteiger partial charge in [-0.05, 0) is 82.0 Å². The van der Waals surface area contributed by atoms with Crippen molar-refractivity contribution in [2.75, 3.05) is 26.2 Å². The van der Waals surface area contributed by atoms with E-state index in [1.807, 2.05) is 23.0 Å². The van der Waals surface area contributed by atoms with Crippen molar-refractivity contribution in [3.63, 3.8) is 0 Å². The highest BCUT2D eigenvalue weighted by Crippen LogP contribution is 2.32. The number of piperidine rings is 1. The number of halogens is 1. The Morgan fingerprint density at radius 2 is 1.69 bits per heavy atom. The Bertz CT molecular complexity index is 1490. The summed E-state index contributed by atoms with van der Waals surface area (Å²) in [5.74, 6) is -0.500. The summed E-state index contributed by atoms with van der Waals surface area (Å²) in [7, 11) is -3.80. The van der Waals surface area contributed by atoms with E-state index in [4.69, 9.17) is 11.6 Å². The van der Waals surface area contributed by atoms with Crippen molar-refractivity contribution >= 4 is 38.6 Å². The van der Waals surface area contributed by atoms with E-state index >= 15 is 0 Å². The second-order valence-corrected chi connectivity index (χ2v) is 12.0. The molecule has 3 aromatic rings. The molecule has 8 nitrogen and oxygen atoms in total. The molecular weight excluding hydrogens is 500 g/mol. The van der Waals surface area contributed by atoms with Gasteiger partial charge in [0.1, 0.15) is 4.90 Å². The molecule has 3 heterocycles. The number of rotatable bonds is 7. The number of aryl methyl sites for hydroxylation is 2. The van der Waals surface area contributed by atoms with Crippen molar-refractivity contribution in [1.29, 1.82) is 0 Å². The Morgan fingerprint density at radius 3 is 2.42 bits per heavy atom. The number of carbonyl (C=O) groups is 1. The molecule has 0 atom stereocenters. The zero-order valence-electron chi connectivity index (χ0n) is 20.6. The Balaban J connectivity index is 1.16. The van der Waals surface area contributed by atoms with E-state index in [0.717, 1.165) is 59.8 Å². The first-order valence-corrected chi connectivity index (χ1v) is 14.3. The van der Waals surface area contributed by atoms with Crippen LogP contribution in [0.1, 0.15) is 54.6 Å².